The lowest BCUT2D eigenvalue weighted by Crippen LogP contribution is -2.47. The second-order valence-electron chi connectivity index (χ2n) is 7.54. The van der Waals surface area contributed by atoms with E-state index in [2.05, 4.69) is 10.6 Å². The first-order valence-electron chi connectivity index (χ1n) is 10.4. The van der Waals surface area contributed by atoms with Gasteiger partial charge >= 0.3 is 6.03 Å². The first-order chi connectivity index (χ1) is 15.5. The number of nitrogens with two attached hydrogens (primary N) is 2. The molecular weight excluding hydrogens is 442 g/mol. The van der Waals surface area contributed by atoms with Gasteiger partial charge in [0.25, 0.3) is 0 Å². The normalized spacial score (nSPS) is 15.9. The highest BCUT2D eigenvalue weighted by Crippen LogP contribution is 2.49. The molecule has 3 aromatic rings. The Morgan fingerprint density at radius 2 is 1.81 bits per heavy atom. The average Bonchev–Trinajstić information content (AvgIpc) is 3.16. The number of carbonyl (C=O) groups is 1. The number of nitrogens with zero attached hydrogens (tertiary/aromatic N) is 1. The zero-order valence-electron chi connectivity index (χ0n) is 17.7. The molecule has 2 amide bonds. The highest BCUT2D eigenvalue weighted by atomic mass is 35.5. The minimum atomic E-state index is -0.371. The van der Waals surface area contributed by atoms with Crippen molar-refractivity contribution in [2.24, 2.45) is 11.5 Å². The molecule has 166 valence electrons. The largest absolute Gasteiger partial charge is 0.332 e. The number of urea groups is 1. The van der Waals surface area contributed by atoms with Gasteiger partial charge < -0.3 is 27.0 Å². The van der Waals surface area contributed by atoms with E-state index >= 15 is 0 Å². The van der Waals surface area contributed by atoms with Crippen LogP contribution in [0.4, 0.5) is 16.2 Å². The molecule has 2 unspecified atom stereocenters. The molecule has 6 N–H and O–H groups in total. The van der Waals surface area contributed by atoms with E-state index in [1.165, 1.54) is 0 Å². The van der Waals surface area contributed by atoms with Crippen LogP contribution in [0.1, 0.15) is 29.7 Å². The lowest BCUT2D eigenvalue weighted by Gasteiger charge is -2.30. The highest BCUT2D eigenvalue weighted by molar-refractivity contribution is 8.00. The molecule has 32 heavy (non-hydrogen) atoms. The maximum atomic E-state index is 12.9. The number of amides is 2. The van der Waals surface area contributed by atoms with Crippen molar-refractivity contribution in [1.82, 2.24) is 10.6 Å². The van der Waals surface area contributed by atoms with Gasteiger partial charge in [0.05, 0.1) is 22.4 Å². The summed E-state index contributed by atoms with van der Waals surface area (Å²) in [5.41, 5.74) is 16.1. The van der Waals surface area contributed by atoms with E-state index in [0.717, 1.165) is 33.0 Å². The molecule has 2 atom stereocenters. The van der Waals surface area contributed by atoms with E-state index in [-0.39, 0.29) is 17.6 Å². The van der Waals surface area contributed by atoms with Crippen molar-refractivity contribution in [2.45, 2.75) is 36.4 Å². The maximum Gasteiger partial charge on any atom is 0.317 e. The Morgan fingerprint density at radius 3 is 2.53 bits per heavy atom. The molecule has 6 nitrogen and oxygen atoms in total. The Hall–Kier alpha value is -2.71. The quantitative estimate of drug-likeness (QED) is 0.415. The molecule has 0 radical (unpaired) electrons. The summed E-state index contributed by atoms with van der Waals surface area (Å²) in [4.78, 5) is 16.0. The van der Waals surface area contributed by atoms with Crippen molar-refractivity contribution in [1.29, 1.82) is 0 Å². The number of hydrogen-bond acceptors (Lipinski definition) is 5. The van der Waals surface area contributed by atoms with Crippen LogP contribution in [0, 0.1) is 0 Å². The number of rotatable bonds is 6. The number of nitrogens with one attached hydrogen (secondary N) is 2. The lowest BCUT2D eigenvalue weighted by atomic mass is 10.1. The van der Waals surface area contributed by atoms with Gasteiger partial charge in [-0.3, -0.25) is 0 Å². The van der Waals surface area contributed by atoms with Crippen LogP contribution < -0.4 is 27.0 Å². The van der Waals surface area contributed by atoms with Gasteiger partial charge in [-0.1, -0.05) is 71.9 Å². The van der Waals surface area contributed by atoms with Crippen LogP contribution >= 0.6 is 23.4 Å². The number of anilines is 2. The zero-order chi connectivity index (χ0) is 22.7. The number of hydrogen-bond donors (Lipinski definition) is 4. The van der Waals surface area contributed by atoms with Crippen molar-refractivity contribution in [3.8, 4) is 0 Å². The first-order valence-corrected chi connectivity index (χ1v) is 11.7. The third-order valence-corrected chi connectivity index (χ3v) is 6.90. The Kier molecular flexibility index (Phi) is 6.91. The molecule has 1 aliphatic heterocycles. The third-order valence-electron chi connectivity index (χ3n) is 5.45. The minimum absolute atomic E-state index is 0.163. The summed E-state index contributed by atoms with van der Waals surface area (Å²) < 4.78 is 0. The number of carbonyl (C=O) groups excluding carboxylic acids is 1. The second kappa shape index (κ2) is 9.83. The van der Waals surface area contributed by atoms with Crippen molar-refractivity contribution >= 4 is 40.8 Å². The topological polar surface area (TPSA) is 96.4 Å². The monoisotopic (exact) mass is 467 g/mol. The Labute approximate surface area is 197 Å². The highest BCUT2D eigenvalue weighted by Gasteiger charge is 2.34. The van der Waals surface area contributed by atoms with Gasteiger partial charge in [-0.15, -0.1) is 0 Å². The van der Waals surface area contributed by atoms with Crippen LogP contribution in [0.15, 0.2) is 71.6 Å². The summed E-state index contributed by atoms with van der Waals surface area (Å²) in [5.74, 6) is 0. The third kappa shape index (κ3) is 4.56. The predicted molar refractivity (Wildman–Crippen MR) is 132 cm³/mol. The Morgan fingerprint density at radius 1 is 1.06 bits per heavy atom. The zero-order valence-corrected chi connectivity index (χ0v) is 19.3. The van der Waals surface area contributed by atoms with E-state index in [4.69, 9.17) is 23.1 Å². The number of benzene rings is 3. The van der Waals surface area contributed by atoms with E-state index in [1.807, 2.05) is 78.6 Å². The molecular formula is C24H26ClN5OS. The summed E-state index contributed by atoms with van der Waals surface area (Å²) in [6.07, 6.45) is 0. The van der Waals surface area contributed by atoms with Gasteiger partial charge in [-0.25, -0.2) is 4.79 Å². The summed E-state index contributed by atoms with van der Waals surface area (Å²) in [7, 11) is 0. The van der Waals surface area contributed by atoms with E-state index in [1.54, 1.807) is 11.8 Å². The lowest BCUT2D eigenvalue weighted by molar-refractivity contribution is 0.237. The van der Waals surface area contributed by atoms with E-state index < -0.39 is 0 Å². The number of fused-ring (bicyclic) bond motifs is 1. The molecule has 0 aromatic heterocycles. The summed E-state index contributed by atoms with van der Waals surface area (Å²) >= 11 is 8.17. The van der Waals surface area contributed by atoms with Crippen LogP contribution in [0.25, 0.3) is 0 Å². The second-order valence-corrected chi connectivity index (χ2v) is 9.07. The molecule has 3 aromatic carbocycles. The molecule has 0 bridgehead atoms. The number of halogens is 1. The molecule has 1 aliphatic rings. The van der Waals surface area contributed by atoms with E-state index in [0.29, 0.717) is 18.1 Å². The predicted octanol–water partition coefficient (Wildman–Crippen LogP) is 4.85. The smallest absolute Gasteiger partial charge is 0.317 e. The van der Waals surface area contributed by atoms with Gasteiger partial charge in [0.15, 0.2) is 5.50 Å². The fourth-order valence-corrected chi connectivity index (χ4v) is 5.22. The van der Waals surface area contributed by atoms with Crippen LogP contribution in [-0.2, 0) is 13.1 Å². The molecule has 1 heterocycles. The molecule has 0 fully saturated rings. The van der Waals surface area contributed by atoms with Crippen LogP contribution in [0.2, 0.25) is 5.02 Å². The van der Waals surface area contributed by atoms with E-state index in [9.17, 15) is 4.79 Å². The first kappa shape index (κ1) is 22.5. The Balaban J connectivity index is 1.56. The number of para-hydroxylation sites is 2. The molecule has 8 heteroatoms. The Bertz CT molecular complexity index is 1110. The number of thioether (sulfide) groups is 1. The molecule has 4 rings (SSSR count). The van der Waals surface area contributed by atoms with Crippen molar-refractivity contribution < 1.29 is 4.79 Å². The van der Waals surface area contributed by atoms with Crippen molar-refractivity contribution in [2.75, 3.05) is 4.90 Å². The fraction of sp³-hybridized carbons (Fsp3) is 0.208. The van der Waals surface area contributed by atoms with Gasteiger partial charge in [0.2, 0.25) is 0 Å². The van der Waals surface area contributed by atoms with Gasteiger partial charge in [-0.05, 0) is 41.8 Å². The SMILES string of the molecule is CC(NC(=O)NC1Sc2ccccc2N1c1c(Cl)cccc1CN)c1ccc(CN)cc1. The fourth-order valence-electron chi connectivity index (χ4n) is 3.76. The van der Waals surface area contributed by atoms with Crippen LogP contribution in [0.3, 0.4) is 0 Å². The molecule has 0 saturated heterocycles. The summed E-state index contributed by atoms with van der Waals surface area (Å²) in [6, 6.07) is 21.2. The van der Waals surface area contributed by atoms with Crippen molar-refractivity contribution in [3.63, 3.8) is 0 Å². The van der Waals surface area contributed by atoms with Gasteiger partial charge in [0.1, 0.15) is 0 Å². The summed E-state index contributed by atoms with van der Waals surface area (Å²) in [6.45, 7) is 2.78. The van der Waals surface area contributed by atoms with Crippen LogP contribution in [-0.4, -0.2) is 11.5 Å². The van der Waals surface area contributed by atoms with Gasteiger partial charge in [-0.2, -0.15) is 0 Å². The molecule has 0 saturated carbocycles. The standard InChI is InChI=1S/C24H26ClN5OS/c1-15(17-11-9-16(13-26)10-12-17)28-23(31)29-24-30(20-7-2-3-8-21(20)32-24)22-18(14-27)5-4-6-19(22)25/h2-12,15,24H,13-14,26-27H2,1H3,(H2,28,29,31). The minimum Gasteiger partial charge on any atom is -0.332 e. The van der Waals surface area contributed by atoms with Crippen molar-refractivity contribution in [3.05, 3.63) is 88.4 Å². The van der Waals surface area contributed by atoms with Crippen LogP contribution in [0.5, 0.6) is 0 Å². The molecule has 0 spiro atoms. The van der Waals surface area contributed by atoms with Gasteiger partial charge in [0, 0.05) is 18.0 Å². The maximum absolute atomic E-state index is 12.9. The average molecular weight is 468 g/mol. The molecule has 0 aliphatic carbocycles. The summed E-state index contributed by atoms with van der Waals surface area (Å²) in [5, 5.41) is 6.71.